The lowest BCUT2D eigenvalue weighted by Crippen LogP contribution is -2.23. The molecule has 0 aliphatic carbocycles. The molecule has 2 N–H and O–H groups in total. The summed E-state index contributed by atoms with van der Waals surface area (Å²) in [5.74, 6) is -1.93. The summed E-state index contributed by atoms with van der Waals surface area (Å²) in [4.78, 5) is 11.3. The van der Waals surface area contributed by atoms with Crippen LogP contribution in [0, 0.1) is 0 Å². The van der Waals surface area contributed by atoms with Crippen molar-refractivity contribution >= 4 is 11.5 Å². The Balaban J connectivity index is 2.50. The van der Waals surface area contributed by atoms with Gasteiger partial charge in [-0.2, -0.15) is 13.2 Å². The average Bonchev–Trinajstić information content (AvgIpc) is 2.38. The van der Waals surface area contributed by atoms with Crippen molar-refractivity contribution in [1.29, 1.82) is 0 Å². The van der Waals surface area contributed by atoms with Crippen LogP contribution in [0.1, 0.15) is 10.4 Å². The minimum Gasteiger partial charge on any atom is -0.398 e. The number of carbonyl (C=O) groups is 1. The highest BCUT2D eigenvalue weighted by Gasteiger charge is 2.40. The molecule has 0 unspecified atom stereocenters. The minimum absolute atomic E-state index is 0.179. The normalized spacial score (nSPS) is 11.3. The second kappa shape index (κ2) is 4.76. The zero-order valence-electron chi connectivity index (χ0n) is 9.74. The van der Waals surface area contributed by atoms with Crippen LogP contribution in [-0.4, -0.2) is 12.0 Å². The lowest BCUT2D eigenvalue weighted by Gasteiger charge is -2.10. The second-order valence-corrected chi connectivity index (χ2v) is 3.99. The summed E-state index contributed by atoms with van der Waals surface area (Å²) in [5, 5.41) is 0. The maximum Gasteiger partial charge on any atom is 0.454 e. The second-order valence-electron chi connectivity index (χ2n) is 3.99. The molecule has 0 heterocycles. The fourth-order valence-electron chi connectivity index (χ4n) is 1.72. The first-order valence-electron chi connectivity index (χ1n) is 5.46. The molecule has 0 bridgehead atoms. The number of hydrogen-bond donors (Lipinski definition) is 1. The number of nitrogen functional groups attached to an aromatic ring is 1. The maximum atomic E-state index is 12.4. The number of hydrogen-bond acceptors (Lipinski definition) is 2. The van der Waals surface area contributed by atoms with Crippen molar-refractivity contribution in [2.45, 2.75) is 6.18 Å². The molecule has 0 spiro atoms. The highest BCUT2D eigenvalue weighted by atomic mass is 19.4. The number of benzene rings is 2. The van der Waals surface area contributed by atoms with Crippen LogP contribution in [-0.2, 0) is 0 Å². The number of halogens is 3. The van der Waals surface area contributed by atoms with Gasteiger partial charge in [0.05, 0.1) is 5.56 Å². The summed E-state index contributed by atoms with van der Waals surface area (Å²) >= 11 is 0. The molecule has 0 saturated carbocycles. The summed E-state index contributed by atoms with van der Waals surface area (Å²) < 4.78 is 37.3. The van der Waals surface area contributed by atoms with Crippen LogP contribution >= 0.6 is 0 Å². The van der Waals surface area contributed by atoms with E-state index in [1.807, 2.05) is 0 Å². The van der Waals surface area contributed by atoms with Gasteiger partial charge in [0.1, 0.15) is 0 Å². The van der Waals surface area contributed by atoms with Crippen molar-refractivity contribution in [1.82, 2.24) is 0 Å². The van der Waals surface area contributed by atoms with Crippen LogP contribution in [0.2, 0.25) is 0 Å². The van der Waals surface area contributed by atoms with E-state index in [4.69, 9.17) is 5.73 Å². The van der Waals surface area contributed by atoms with Gasteiger partial charge in [-0.3, -0.25) is 4.79 Å². The highest BCUT2D eigenvalue weighted by Crippen LogP contribution is 2.29. The third-order valence-corrected chi connectivity index (χ3v) is 2.66. The lowest BCUT2D eigenvalue weighted by molar-refractivity contribution is -0.0884. The number of rotatable bonds is 2. The number of carbonyl (C=O) groups excluding carboxylic acids is 1. The van der Waals surface area contributed by atoms with E-state index in [0.29, 0.717) is 5.56 Å². The number of Topliss-reactive ketones (excluding diaryl/α,β-unsaturated/α-hetero) is 1. The molecule has 5 heteroatoms. The maximum absolute atomic E-state index is 12.4. The molecule has 0 saturated heterocycles. The summed E-state index contributed by atoms with van der Waals surface area (Å²) in [5.41, 5.74) is 5.98. The SMILES string of the molecule is Nc1ccc(-c2ccccc2)cc1C(=O)C(F)(F)F. The van der Waals surface area contributed by atoms with Gasteiger partial charge in [-0.1, -0.05) is 36.4 Å². The van der Waals surface area contributed by atoms with Crippen LogP contribution in [0.15, 0.2) is 48.5 Å². The third kappa shape index (κ3) is 2.76. The van der Waals surface area contributed by atoms with Crippen molar-refractivity contribution in [3.63, 3.8) is 0 Å². The first kappa shape index (κ1) is 13.1. The zero-order chi connectivity index (χ0) is 14.0. The fourth-order valence-corrected chi connectivity index (χ4v) is 1.72. The molecular weight excluding hydrogens is 255 g/mol. The molecule has 2 nitrogen and oxygen atoms in total. The highest BCUT2D eigenvalue weighted by molar-refractivity contribution is 6.05. The Bertz CT molecular complexity index is 606. The first-order chi connectivity index (χ1) is 8.89. The summed E-state index contributed by atoms with van der Waals surface area (Å²) in [6.07, 6.45) is -4.93. The van der Waals surface area contributed by atoms with E-state index in [0.717, 1.165) is 5.56 Å². The lowest BCUT2D eigenvalue weighted by atomic mass is 10.00. The van der Waals surface area contributed by atoms with Crippen LogP contribution in [0.5, 0.6) is 0 Å². The van der Waals surface area contributed by atoms with Crippen molar-refractivity contribution in [2.24, 2.45) is 0 Å². The molecule has 0 radical (unpaired) electrons. The van der Waals surface area contributed by atoms with E-state index in [2.05, 4.69) is 0 Å². The summed E-state index contributed by atoms with van der Waals surface area (Å²) in [6.45, 7) is 0. The van der Waals surface area contributed by atoms with E-state index in [9.17, 15) is 18.0 Å². The first-order valence-corrected chi connectivity index (χ1v) is 5.46. The number of alkyl halides is 3. The third-order valence-electron chi connectivity index (χ3n) is 2.66. The predicted molar refractivity (Wildman–Crippen MR) is 66.7 cm³/mol. The largest absolute Gasteiger partial charge is 0.454 e. The Labute approximate surface area is 107 Å². The van der Waals surface area contributed by atoms with Gasteiger partial charge in [0.25, 0.3) is 5.78 Å². The molecule has 2 aromatic rings. The molecule has 19 heavy (non-hydrogen) atoms. The Morgan fingerprint density at radius 2 is 1.58 bits per heavy atom. The van der Waals surface area contributed by atoms with Gasteiger partial charge in [-0.05, 0) is 23.3 Å². The molecule has 0 amide bonds. The molecule has 2 aromatic carbocycles. The minimum atomic E-state index is -4.93. The molecule has 0 fully saturated rings. The summed E-state index contributed by atoms with van der Waals surface area (Å²) in [7, 11) is 0. The molecule has 2 rings (SSSR count). The Kier molecular flexibility index (Phi) is 3.29. The monoisotopic (exact) mass is 265 g/mol. The van der Waals surface area contributed by atoms with Gasteiger partial charge >= 0.3 is 6.18 Å². The molecule has 0 aliphatic heterocycles. The van der Waals surface area contributed by atoms with Crippen LogP contribution in [0.3, 0.4) is 0 Å². The van der Waals surface area contributed by atoms with Crippen molar-refractivity contribution in [2.75, 3.05) is 5.73 Å². The molecule has 0 aromatic heterocycles. The summed E-state index contributed by atoms with van der Waals surface area (Å²) in [6, 6.07) is 12.9. The molecule has 0 atom stereocenters. The van der Waals surface area contributed by atoms with Gasteiger partial charge < -0.3 is 5.73 Å². The fraction of sp³-hybridized carbons (Fsp3) is 0.0714. The predicted octanol–water partition coefficient (Wildman–Crippen LogP) is 3.68. The van der Waals surface area contributed by atoms with Crippen molar-refractivity contribution in [3.8, 4) is 11.1 Å². The van der Waals surface area contributed by atoms with E-state index in [1.54, 1.807) is 36.4 Å². The number of nitrogens with two attached hydrogens (primary N) is 1. The van der Waals surface area contributed by atoms with E-state index in [-0.39, 0.29) is 5.69 Å². The van der Waals surface area contributed by atoms with E-state index < -0.39 is 17.5 Å². The van der Waals surface area contributed by atoms with Crippen molar-refractivity contribution < 1.29 is 18.0 Å². The molecule has 0 aliphatic rings. The van der Waals surface area contributed by atoms with Crippen LogP contribution in [0.4, 0.5) is 18.9 Å². The smallest absolute Gasteiger partial charge is 0.398 e. The van der Waals surface area contributed by atoms with Gasteiger partial charge in [-0.15, -0.1) is 0 Å². The van der Waals surface area contributed by atoms with Gasteiger partial charge in [-0.25, -0.2) is 0 Å². The Morgan fingerprint density at radius 3 is 2.16 bits per heavy atom. The van der Waals surface area contributed by atoms with E-state index in [1.165, 1.54) is 12.1 Å². The topological polar surface area (TPSA) is 43.1 Å². The zero-order valence-corrected chi connectivity index (χ0v) is 9.74. The van der Waals surface area contributed by atoms with Crippen molar-refractivity contribution in [3.05, 3.63) is 54.1 Å². The van der Waals surface area contributed by atoms with Gasteiger partial charge in [0.15, 0.2) is 0 Å². The van der Waals surface area contributed by atoms with Crippen LogP contribution in [0.25, 0.3) is 11.1 Å². The van der Waals surface area contributed by atoms with Crippen LogP contribution < -0.4 is 5.73 Å². The number of ketones is 1. The van der Waals surface area contributed by atoms with E-state index >= 15 is 0 Å². The molecule has 98 valence electrons. The van der Waals surface area contributed by atoms with Gasteiger partial charge in [0, 0.05) is 5.69 Å². The Hall–Kier alpha value is -2.30. The average molecular weight is 265 g/mol. The standard InChI is InChI=1S/C14H10F3NO/c15-14(16,17)13(19)11-8-10(6-7-12(11)18)9-4-2-1-3-5-9/h1-8H,18H2. The number of anilines is 1. The van der Waals surface area contributed by atoms with Gasteiger partial charge in [0.2, 0.25) is 0 Å². The molecular formula is C14H10F3NO. The quantitative estimate of drug-likeness (QED) is 0.664. The Morgan fingerprint density at radius 1 is 0.947 bits per heavy atom.